The monoisotopic (exact) mass is 194 g/mol. The number of nitrogens with zero attached hydrogens (tertiary/aromatic N) is 2. The molecule has 0 atom stereocenters. The van der Waals surface area contributed by atoms with Crippen LogP contribution in [0.2, 0.25) is 0 Å². The fourth-order valence-corrected chi connectivity index (χ4v) is 0.818. The summed E-state index contributed by atoms with van der Waals surface area (Å²) in [5.74, 6) is 0.981. The standard InChI is InChI=1S/C8H10N4O2/c1-6-5-7(12-14-6)11-8(13)10-4-2-3-9/h5H,2,4H2,1H3,(H2,10,11,12,13). The molecule has 1 aromatic rings. The molecule has 0 aliphatic heterocycles. The minimum atomic E-state index is -0.395. The lowest BCUT2D eigenvalue weighted by molar-refractivity contribution is 0.252. The molecule has 0 fully saturated rings. The number of nitrogens with one attached hydrogen (secondary N) is 2. The van der Waals surface area contributed by atoms with Crippen molar-refractivity contribution in [2.75, 3.05) is 11.9 Å². The van der Waals surface area contributed by atoms with Gasteiger partial charge in [0.15, 0.2) is 5.82 Å². The van der Waals surface area contributed by atoms with Crippen molar-refractivity contribution in [3.8, 4) is 6.07 Å². The van der Waals surface area contributed by atoms with Crippen molar-refractivity contribution in [1.29, 1.82) is 5.26 Å². The van der Waals surface area contributed by atoms with E-state index in [1.807, 2.05) is 6.07 Å². The number of urea groups is 1. The van der Waals surface area contributed by atoms with Crippen LogP contribution in [0.4, 0.5) is 10.6 Å². The van der Waals surface area contributed by atoms with Gasteiger partial charge >= 0.3 is 6.03 Å². The van der Waals surface area contributed by atoms with Crippen molar-refractivity contribution in [3.05, 3.63) is 11.8 Å². The second kappa shape index (κ2) is 4.87. The molecule has 1 heterocycles. The SMILES string of the molecule is Cc1cc(NC(=O)NCCC#N)no1. The molecule has 0 aliphatic rings. The quantitative estimate of drug-likeness (QED) is 0.702. The van der Waals surface area contributed by atoms with Crippen LogP contribution < -0.4 is 10.6 Å². The summed E-state index contributed by atoms with van der Waals surface area (Å²) in [6.45, 7) is 2.05. The fourth-order valence-electron chi connectivity index (χ4n) is 0.818. The Hall–Kier alpha value is -2.03. The molecule has 14 heavy (non-hydrogen) atoms. The van der Waals surface area contributed by atoms with E-state index in [0.717, 1.165) is 0 Å². The Morgan fingerprint density at radius 3 is 3.14 bits per heavy atom. The molecule has 2 amide bonds. The number of amides is 2. The highest BCUT2D eigenvalue weighted by Crippen LogP contribution is 2.05. The molecule has 0 saturated carbocycles. The van der Waals surface area contributed by atoms with Gasteiger partial charge in [0.2, 0.25) is 0 Å². The molecule has 6 nitrogen and oxygen atoms in total. The third-order valence-electron chi connectivity index (χ3n) is 1.39. The maximum atomic E-state index is 11.1. The van der Waals surface area contributed by atoms with E-state index >= 15 is 0 Å². The van der Waals surface area contributed by atoms with Crippen LogP contribution >= 0.6 is 0 Å². The van der Waals surface area contributed by atoms with Gasteiger partial charge in [-0.25, -0.2) is 4.79 Å². The van der Waals surface area contributed by atoms with Gasteiger partial charge in [-0.1, -0.05) is 5.16 Å². The van der Waals surface area contributed by atoms with E-state index in [1.54, 1.807) is 13.0 Å². The van der Waals surface area contributed by atoms with Gasteiger partial charge in [0.25, 0.3) is 0 Å². The smallest absolute Gasteiger partial charge is 0.320 e. The van der Waals surface area contributed by atoms with E-state index in [2.05, 4.69) is 15.8 Å². The molecule has 74 valence electrons. The van der Waals surface area contributed by atoms with Gasteiger partial charge in [0, 0.05) is 12.6 Å². The molecular weight excluding hydrogens is 184 g/mol. The Kier molecular flexibility index (Phi) is 3.49. The van der Waals surface area contributed by atoms with Gasteiger partial charge in [-0.15, -0.1) is 0 Å². The number of aryl methyl sites for hydroxylation is 1. The number of hydrogen-bond acceptors (Lipinski definition) is 4. The maximum absolute atomic E-state index is 11.1. The van der Waals surface area contributed by atoms with Gasteiger partial charge in [-0.2, -0.15) is 5.26 Å². The van der Waals surface area contributed by atoms with Crippen molar-refractivity contribution in [3.63, 3.8) is 0 Å². The van der Waals surface area contributed by atoms with Crippen LogP contribution in [0.15, 0.2) is 10.6 Å². The van der Waals surface area contributed by atoms with Gasteiger partial charge in [0.1, 0.15) is 5.76 Å². The predicted octanol–water partition coefficient (Wildman–Crippen LogP) is 1.02. The summed E-state index contributed by atoms with van der Waals surface area (Å²) >= 11 is 0. The largest absolute Gasteiger partial charge is 0.360 e. The number of anilines is 1. The lowest BCUT2D eigenvalue weighted by Gasteiger charge is -2.01. The zero-order chi connectivity index (χ0) is 10.4. The van der Waals surface area contributed by atoms with Crippen LogP contribution in [0, 0.1) is 18.3 Å². The molecule has 0 spiro atoms. The van der Waals surface area contributed by atoms with Crippen molar-refractivity contribution < 1.29 is 9.32 Å². The molecule has 2 N–H and O–H groups in total. The first kappa shape index (κ1) is 10.1. The minimum Gasteiger partial charge on any atom is -0.360 e. The van der Waals surface area contributed by atoms with E-state index in [9.17, 15) is 4.79 Å². The summed E-state index contributed by atoms with van der Waals surface area (Å²) in [5.41, 5.74) is 0. The average Bonchev–Trinajstić information content (AvgIpc) is 2.52. The molecule has 0 radical (unpaired) electrons. The van der Waals surface area contributed by atoms with Crippen LogP contribution in [0.5, 0.6) is 0 Å². The first-order valence-corrected chi connectivity index (χ1v) is 4.07. The Morgan fingerprint density at radius 2 is 2.57 bits per heavy atom. The van der Waals surface area contributed by atoms with E-state index in [4.69, 9.17) is 9.78 Å². The summed E-state index contributed by atoms with van der Waals surface area (Å²) in [7, 11) is 0. The van der Waals surface area contributed by atoms with E-state index < -0.39 is 6.03 Å². The van der Waals surface area contributed by atoms with Crippen LogP contribution in [0.3, 0.4) is 0 Å². The summed E-state index contributed by atoms with van der Waals surface area (Å²) < 4.78 is 4.75. The molecule has 0 aliphatic carbocycles. The van der Waals surface area contributed by atoms with Crippen molar-refractivity contribution in [2.24, 2.45) is 0 Å². The lowest BCUT2D eigenvalue weighted by Crippen LogP contribution is -2.29. The minimum absolute atomic E-state index is 0.283. The second-order valence-corrected chi connectivity index (χ2v) is 2.61. The summed E-state index contributed by atoms with van der Waals surface area (Å²) in [6, 6.07) is 3.12. The average molecular weight is 194 g/mol. The number of carbonyl (C=O) groups is 1. The van der Waals surface area contributed by atoms with E-state index in [1.165, 1.54) is 0 Å². The van der Waals surface area contributed by atoms with Crippen LogP contribution in [0.1, 0.15) is 12.2 Å². The molecule has 6 heteroatoms. The Morgan fingerprint density at radius 1 is 1.79 bits per heavy atom. The highest BCUT2D eigenvalue weighted by atomic mass is 16.5. The molecule has 0 unspecified atom stereocenters. The molecule has 0 aromatic carbocycles. The number of aromatic nitrogens is 1. The van der Waals surface area contributed by atoms with E-state index in [-0.39, 0.29) is 6.42 Å². The first-order valence-electron chi connectivity index (χ1n) is 4.07. The van der Waals surface area contributed by atoms with Crippen LogP contribution in [-0.2, 0) is 0 Å². The van der Waals surface area contributed by atoms with Gasteiger partial charge in [-0.05, 0) is 6.92 Å². The highest BCUT2D eigenvalue weighted by molar-refractivity contribution is 5.88. The van der Waals surface area contributed by atoms with Crippen molar-refractivity contribution >= 4 is 11.8 Å². The normalized spacial score (nSPS) is 9.14. The fraction of sp³-hybridized carbons (Fsp3) is 0.375. The number of rotatable bonds is 3. The first-order chi connectivity index (χ1) is 6.72. The van der Waals surface area contributed by atoms with Crippen LogP contribution in [0.25, 0.3) is 0 Å². The van der Waals surface area contributed by atoms with Gasteiger partial charge in [-0.3, -0.25) is 5.32 Å². The maximum Gasteiger partial charge on any atom is 0.320 e. The lowest BCUT2D eigenvalue weighted by atomic mass is 10.5. The van der Waals surface area contributed by atoms with Crippen molar-refractivity contribution in [2.45, 2.75) is 13.3 Å². The second-order valence-electron chi connectivity index (χ2n) is 2.61. The number of hydrogen-bond donors (Lipinski definition) is 2. The zero-order valence-electron chi connectivity index (χ0n) is 7.70. The third-order valence-corrected chi connectivity index (χ3v) is 1.39. The summed E-state index contributed by atoms with van der Waals surface area (Å²) in [4.78, 5) is 11.1. The molecule has 1 rings (SSSR count). The number of nitriles is 1. The third kappa shape index (κ3) is 3.15. The van der Waals surface area contributed by atoms with Crippen LogP contribution in [-0.4, -0.2) is 17.7 Å². The molecule has 0 saturated heterocycles. The zero-order valence-corrected chi connectivity index (χ0v) is 7.70. The van der Waals surface area contributed by atoms with Crippen molar-refractivity contribution in [1.82, 2.24) is 10.5 Å². The Bertz CT molecular complexity index is 352. The molecule has 1 aromatic heterocycles. The highest BCUT2D eigenvalue weighted by Gasteiger charge is 2.04. The topological polar surface area (TPSA) is 91.0 Å². The molecular formula is C8H10N4O2. The molecule has 0 bridgehead atoms. The van der Waals surface area contributed by atoms with Gasteiger partial charge < -0.3 is 9.84 Å². The predicted molar refractivity (Wildman–Crippen MR) is 48.5 cm³/mol. The summed E-state index contributed by atoms with van der Waals surface area (Å²) in [5, 5.41) is 16.7. The van der Waals surface area contributed by atoms with Gasteiger partial charge in [0.05, 0.1) is 12.5 Å². The Labute approximate surface area is 80.9 Å². The van der Waals surface area contributed by atoms with E-state index in [0.29, 0.717) is 18.1 Å². The Balaban J connectivity index is 2.31. The number of carbonyl (C=O) groups excluding carboxylic acids is 1. The summed E-state index contributed by atoms with van der Waals surface area (Å²) in [6.07, 6.45) is 0.283.